The van der Waals surface area contributed by atoms with Gasteiger partial charge in [0.05, 0.1) is 23.3 Å². The predicted molar refractivity (Wildman–Crippen MR) is 69.8 cm³/mol. The molecule has 104 valence electrons. The Bertz CT molecular complexity index is 463. The van der Waals surface area contributed by atoms with Crippen molar-refractivity contribution in [3.63, 3.8) is 0 Å². The number of anilines is 1. The normalized spacial score (nSPS) is 17.1. The first-order chi connectivity index (χ1) is 9.02. The Balaban J connectivity index is 2.37. The molecule has 0 spiro atoms. The molecule has 1 heterocycles. The molecule has 0 radical (unpaired) electrons. The minimum absolute atomic E-state index is 0.277. The molecular weight excluding hydrogens is 255 g/mol. The quantitative estimate of drug-likeness (QED) is 0.662. The van der Waals surface area contributed by atoms with Gasteiger partial charge in [-0.15, -0.1) is 0 Å². The number of halogens is 3. The van der Waals surface area contributed by atoms with Gasteiger partial charge in [-0.05, 0) is 37.5 Å². The number of nitrogens with zero attached hydrogens (tertiary/aromatic N) is 2. The summed E-state index contributed by atoms with van der Waals surface area (Å²) in [5, 5.41) is 0. The molecule has 3 nitrogen and oxygen atoms in total. The molecule has 0 unspecified atom stereocenters. The lowest BCUT2D eigenvalue weighted by Gasteiger charge is -2.30. The van der Waals surface area contributed by atoms with Gasteiger partial charge in [0.2, 0.25) is 0 Å². The Kier molecular flexibility index (Phi) is 3.97. The van der Waals surface area contributed by atoms with E-state index in [4.69, 9.17) is 5.73 Å². The van der Waals surface area contributed by atoms with Crippen LogP contribution in [-0.4, -0.2) is 19.4 Å². The third-order valence-corrected chi connectivity index (χ3v) is 3.21. The van der Waals surface area contributed by atoms with Crippen molar-refractivity contribution < 1.29 is 13.2 Å². The Morgan fingerprint density at radius 1 is 1.16 bits per heavy atom. The monoisotopic (exact) mass is 271 g/mol. The van der Waals surface area contributed by atoms with Crippen LogP contribution in [0.4, 0.5) is 24.5 Å². The van der Waals surface area contributed by atoms with Crippen LogP contribution in [0.2, 0.25) is 0 Å². The van der Waals surface area contributed by atoms with Crippen LogP contribution in [0.5, 0.6) is 0 Å². The lowest BCUT2D eigenvalue weighted by Crippen LogP contribution is -2.29. The van der Waals surface area contributed by atoms with Gasteiger partial charge < -0.3 is 10.6 Å². The van der Waals surface area contributed by atoms with Crippen LogP contribution in [-0.2, 0) is 6.18 Å². The van der Waals surface area contributed by atoms with Crippen molar-refractivity contribution in [2.75, 3.05) is 18.0 Å². The van der Waals surface area contributed by atoms with E-state index < -0.39 is 11.7 Å². The molecule has 0 aliphatic carbocycles. The topological polar surface area (TPSA) is 41.6 Å². The van der Waals surface area contributed by atoms with E-state index in [2.05, 4.69) is 9.89 Å². The van der Waals surface area contributed by atoms with Gasteiger partial charge in [-0.1, -0.05) is 0 Å². The van der Waals surface area contributed by atoms with Gasteiger partial charge in [0, 0.05) is 13.1 Å². The molecule has 0 bridgehead atoms. The van der Waals surface area contributed by atoms with Crippen molar-refractivity contribution >= 4 is 17.7 Å². The molecule has 6 heteroatoms. The molecular formula is C13H16F3N3. The number of hydrogen-bond donors (Lipinski definition) is 1. The molecule has 0 aromatic heterocycles. The standard InChI is InChI=1S/C13H16F3N3/c14-13(15,16)10-4-5-12(11(8-10)18-9-17)19-6-2-1-3-7-19/h4-5,8-9H,1-3,6-7H2,(H2,17,18). The summed E-state index contributed by atoms with van der Waals surface area (Å²) in [4.78, 5) is 5.93. The van der Waals surface area contributed by atoms with Gasteiger partial charge >= 0.3 is 6.18 Å². The second kappa shape index (κ2) is 5.50. The molecule has 1 saturated heterocycles. The van der Waals surface area contributed by atoms with Crippen LogP contribution in [0.1, 0.15) is 24.8 Å². The number of hydrogen-bond acceptors (Lipinski definition) is 2. The van der Waals surface area contributed by atoms with E-state index in [9.17, 15) is 13.2 Å². The maximum atomic E-state index is 12.7. The summed E-state index contributed by atoms with van der Waals surface area (Å²) in [6, 6.07) is 3.63. The summed E-state index contributed by atoms with van der Waals surface area (Å²) in [7, 11) is 0. The molecule has 0 saturated carbocycles. The molecule has 19 heavy (non-hydrogen) atoms. The molecule has 1 aromatic carbocycles. The van der Waals surface area contributed by atoms with Gasteiger partial charge in [-0.3, -0.25) is 0 Å². The second-order valence-corrected chi connectivity index (χ2v) is 4.53. The van der Waals surface area contributed by atoms with Crippen LogP contribution >= 0.6 is 0 Å². The van der Waals surface area contributed by atoms with Crippen molar-refractivity contribution in [3.05, 3.63) is 23.8 Å². The van der Waals surface area contributed by atoms with E-state index in [1.807, 2.05) is 0 Å². The van der Waals surface area contributed by atoms with Crippen molar-refractivity contribution in [3.8, 4) is 0 Å². The van der Waals surface area contributed by atoms with Gasteiger partial charge in [-0.25, -0.2) is 4.99 Å². The van der Waals surface area contributed by atoms with Gasteiger partial charge in [0.1, 0.15) is 0 Å². The smallest absolute Gasteiger partial charge is 0.390 e. The zero-order chi connectivity index (χ0) is 13.9. The summed E-state index contributed by atoms with van der Waals surface area (Å²) in [5.74, 6) is 0. The van der Waals surface area contributed by atoms with Gasteiger partial charge in [0.25, 0.3) is 0 Å². The summed E-state index contributed by atoms with van der Waals surface area (Å²) in [5.41, 5.74) is 5.52. The van der Waals surface area contributed by atoms with E-state index in [0.717, 1.165) is 56.5 Å². The zero-order valence-corrected chi connectivity index (χ0v) is 10.5. The molecule has 1 aliphatic rings. The predicted octanol–water partition coefficient (Wildman–Crippen LogP) is 3.31. The highest BCUT2D eigenvalue weighted by Crippen LogP contribution is 2.37. The fraction of sp³-hybridized carbons (Fsp3) is 0.462. The minimum atomic E-state index is -4.36. The van der Waals surface area contributed by atoms with Crippen LogP contribution in [0, 0.1) is 0 Å². The highest BCUT2D eigenvalue weighted by molar-refractivity contribution is 5.73. The van der Waals surface area contributed by atoms with E-state index >= 15 is 0 Å². The van der Waals surface area contributed by atoms with Gasteiger partial charge in [-0.2, -0.15) is 13.2 Å². The van der Waals surface area contributed by atoms with Crippen LogP contribution in [0.25, 0.3) is 0 Å². The highest BCUT2D eigenvalue weighted by Gasteiger charge is 2.31. The third-order valence-electron chi connectivity index (χ3n) is 3.21. The number of nitrogens with two attached hydrogens (primary N) is 1. The SMILES string of the molecule is NC=Nc1cc(C(F)(F)F)ccc1N1CCCCC1. The van der Waals surface area contributed by atoms with Crippen LogP contribution < -0.4 is 10.6 Å². The molecule has 2 N–H and O–H groups in total. The number of aliphatic imine (C=N–C) groups is 1. The van der Waals surface area contributed by atoms with Crippen molar-refractivity contribution in [2.24, 2.45) is 10.7 Å². The van der Waals surface area contributed by atoms with E-state index in [-0.39, 0.29) is 5.69 Å². The Morgan fingerprint density at radius 3 is 2.42 bits per heavy atom. The molecule has 0 amide bonds. The third kappa shape index (κ3) is 3.19. The summed E-state index contributed by atoms with van der Waals surface area (Å²) < 4.78 is 38.1. The largest absolute Gasteiger partial charge is 0.416 e. The Labute approximate surface area is 109 Å². The van der Waals surface area contributed by atoms with Crippen molar-refractivity contribution in [1.29, 1.82) is 0 Å². The Hall–Kier alpha value is -1.72. The second-order valence-electron chi connectivity index (χ2n) is 4.53. The molecule has 1 aliphatic heterocycles. The summed E-state index contributed by atoms with van der Waals surface area (Å²) >= 11 is 0. The van der Waals surface area contributed by atoms with E-state index in [1.165, 1.54) is 6.07 Å². The van der Waals surface area contributed by atoms with E-state index in [1.54, 1.807) is 0 Å². The maximum absolute atomic E-state index is 12.7. The molecule has 1 fully saturated rings. The number of piperidine rings is 1. The van der Waals surface area contributed by atoms with Crippen molar-refractivity contribution in [2.45, 2.75) is 25.4 Å². The number of alkyl halides is 3. The fourth-order valence-corrected chi connectivity index (χ4v) is 2.29. The van der Waals surface area contributed by atoms with Crippen LogP contribution in [0.15, 0.2) is 23.2 Å². The molecule has 1 aromatic rings. The first-order valence-corrected chi connectivity index (χ1v) is 6.23. The lowest BCUT2D eigenvalue weighted by atomic mass is 10.1. The average molecular weight is 271 g/mol. The lowest BCUT2D eigenvalue weighted by molar-refractivity contribution is -0.137. The summed E-state index contributed by atoms with van der Waals surface area (Å²) in [6.45, 7) is 1.69. The molecule has 0 atom stereocenters. The summed E-state index contributed by atoms with van der Waals surface area (Å²) in [6.07, 6.45) is -0.0749. The zero-order valence-electron chi connectivity index (χ0n) is 10.5. The number of benzene rings is 1. The highest BCUT2D eigenvalue weighted by atomic mass is 19.4. The number of rotatable bonds is 2. The Morgan fingerprint density at radius 2 is 1.84 bits per heavy atom. The van der Waals surface area contributed by atoms with Crippen molar-refractivity contribution in [1.82, 2.24) is 0 Å². The molecule has 2 rings (SSSR count). The maximum Gasteiger partial charge on any atom is 0.416 e. The average Bonchev–Trinajstić information content (AvgIpc) is 2.39. The van der Waals surface area contributed by atoms with Crippen LogP contribution in [0.3, 0.4) is 0 Å². The van der Waals surface area contributed by atoms with Gasteiger partial charge in [0.15, 0.2) is 0 Å². The fourth-order valence-electron chi connectivity index (χ4n) is 2.29. The first kappa shape index (κ1) is 13.7. The first-order valence-electron chi connectivity index (χ1n) is 6.23. The minimum Gasteiger partial charge on any atom is -0.390 e. The van der Waals surface area contributed by atoms with E-state index in [0.29, 0.717) is 0 Å².